The molecular weight excluding hydrogens is 276 g/mol. The van der Waals surface area contributed by atoms with Crippen molar-refractivity contribution in [3.8, 4) is 0 Å². The zero-order valence-electron chi connectivity index (χ0n) is 11.4. The lowest BCUT2D eigenvalue weighted by molar-refractivity contribution is 0.0603. The minimum Gasteiger partial charge on any atom is -0.465 e. The van der Waals surface area contributed by atoms with Gasteiger partial charge >= 0.3 is 5.97 Å². The molecule has 1 heterocycles. The van der Waals surface area contributed by atoms with Crippen LogP contribution in [0.25, 0.3) is 0 Å². The number of hydrogen-bond acceptors (Lipinski definition) is 6. The van der Waals surface area contributed by atoms with Crippen LogP contribution in [0.1, 0.15) is 52.1 Å². The van der Waals surface area contributed by atoms with Gasteiger partial charge in [0.1, 0.15) is 10.6 Å². The summed E-state index contributed by atoms with van der Waals surface area (Å²) in [5.74, 6) is -0.312. The molecule has 3 N–H and O–H groups in total. The van der Waals surface area contributed by atoms with Crippen molar-refractivity contribution in [3.05, 3.63) is 10.4 Å². The summed E-state index contributed by atoms with van der Waals surface area (Å²) in [6.45, 7) is 0. The van der Waals surface area contributed by atoms with Crippen LogP contribution in [0.4, 0.5) is 10.7 Å². The topological polar surface area (TPSA) is 81.4 Å². The molecule has 0 bridgehead atoms. The van der Waals surface area contributed by atoms with Crippen LogP contribution in [-0.4, -0.2) is 24.9 Å². The van der Waals surface area contributed by atoms with E-state index in [9.17, 15) is 9.59 Å². The molecule has 108 valence electrons. The minimum atomic E-state index is -0.476. The number of carbonyl (C=O) groups is 2. The molecule has 6 heteroatoms. The van der Waals surface area contributed by atoms with Gasteiger partial charge in [-0.15, -0.1) is 11.3 Å². The standard InChI is InChI=1S/C14H18N2O3S/c1-19-14(18)9-10(15)12(11(17)7-5-6-7)20-13(9)16-8-3-2-4-8/h7-8,16H,2-6,15H2,1H3. The molecule has 3 rings (SSSR count). The van der Waals surface area contributed by atoms with Crippen LogP contribution in [0.2, 0.25) is 0 Å². The maximum Gasteiger partial charge on any atom is 0.343 e. The highest BCUT2D eigenvalue weighted by Gasteiger charge is 2.36. The van der Waals surface area contributed by atoms with Crippen molar-refractivity contribution < 1.29 is 14.3 Å². The lowest BCUT2D eigenvalue weighted by Crippen LogP contribution is -2.27. The lowest BCUT2D eigenvalue weighted by atomic mass is 9.93. The fourth-order valence-corrected chi connectivity index (χ4v) is 3.51. The molecule has 5 nitrogen and oxygen atoms in total. The maximum atomic E-state index is 12.2. The van der Waals surface area contributed by atoms with Crippen LogP contribution >= 0.6 is 11.3 Å². The van der Waals surface area contributed by atoms with Crippen LogP contribution in [0.15, 0.2) is 0 Å². The molecule has 20 heavy (non-hydrogen) atoms. The predicted molar refractivity (Wildman–Crippen MR) is 78.4 cm³/mol. The molecule has 0 aromatic carbocycles. The fraction of sp³-hybridized carbons (Fsp3) is 0.571. The van der Waals surface area contributed by atoms with Gasteiger partial charge in [-0.05, 0) is 32.1 Å². The maximum absolute atomic E-state index is 12.2. The number of hydrogen-bond donors (Lipinski definition) is 2. The van der Waals surface area contributed by atoms with E-state index in [4.69, 9.17) is 10.5 Å². The van der Waals surface area contributed by atoms with E-state index in [2.05, 4.69) is 5.32 Å². The van der Waals surface area contributed by atoms with Crippen LogP contribution in [-0.2, 0) is 4.74 Å². The molecule has 0 amide bonds. The molecule has 2 fully saturated rings. The van der Waals surface area contributed by atoms with E-state index in [0.717, 1.165) is 25.7 Å². The third-order valence-electron chi connectivity index (χ3n) is 3.95. The summed E-state index contributed by atoms with van der Waals surface area (Å²) >= 11 is 1.30. The van der Waals surface area contributed by atoms with Gasteiger partial charge in [-0.2, -0.15) is 0 Å². The Labute approximate surface area is 121 Å². The Morgan fingerprint density at radius 3 is 2.50 bits per heavy atom. The highest BCUT2D eigenvalue weighted by molar-refractivity contribution is 7.19. The van der Waals surface area contributed by atoms with Gasteiger partial charge in [0.25, 0.3) is 0 Å². The van der Waals surface area contributed by atoms with E-state index in [1.807, 2.05) is 0 Å². The third-order valence-corrected chi connectivity index (χ3v) is 5.10. The first-order chi connectivity index (χ1) is 9.61. The van der Waals surface area contributed by atoms with Gasteiger partial charge in [0, 0.05) is 12.0 Å². The van der Waals surface area contributed by atoms with Gasteiger partial charge in [0.15, 0.2) is 5.78 Å². The van der Waals surface area contributed by atoms with Crippen molar-refractivity contribution in [1.29, 1.82) is 0 Å². The minimum absolute atomic E-state index is 0.0688. The fourth-order valence-electron chi connectivity index (χ4n) is 2.30. The Morgan fingerprint density at radius 2 is 2.00 bits per heavy atom. The monoisotopic (exact) mass is 294 g/mol. The molecule has 1 aromatic heterocycles. The largest absolute Gasteiger partial charge is 0.465 e. The number of nitrogens with two attached hydrogens (primary N) is 1. The van der Waals surface area contributed by atoms with E-state index < -0.39 is 5.97 Å². The molecule has 2 aliphatic carbocycles. The van der Waals surface area contributed by atoms with Crippen LogP contribution in [0.3, 0.4) is 0 Å². The predicted octanol–water partition coefficient (Wildman–Crippen LogP) is 2.67. The van der Waals surface area contributed by atoms with E-state index in [-0.39, 0.29) is 17.4 Å². The second kappa shape index (κ2) is 5.09. The summed E-state index contributed by atoms with van der Waals surface area (Å²) in [6.07, 6.45) is 5.22. The molecule has 2 aliphatic rings. The van der Waals surface area contributed by atoms with Gasteiger partial charge < -0.3 is 15.8 Å². The number of ether oxygens (including phenoxy) is 1. The van der Waals surface area contributed by atoms with Gasteiger partial charge in [-0.25, -0.2) is 4.79 Å². The molecular formula is C14H18N2O3S. The number of rotatable bonds is 5. The first-order valence-corrected chi connectivity index (χ1v) is 7.74. The summed E-state index contributed by atoms with van der Waals surface area (Å²) in [7, 11) is 1.33. The Balaban J connectivity index is 1.94. The van der Waals surface area contributed by atoms with Crippen molar-refractivity contribution in [2.24, 2.45) is 5.92 Å². The van der Waals surface area contributed by atoms with Crippen molar-refractivity contribution in [2.45, 2.75) is 38.1 Å². The van der Waals surface area contributed by atoms with Gasteiger partial charge in [0.2, 0.25) is 0 Å². The molecule has 0 spiro atoms. The van der Waals surface area contributed by atoms with Crippen molar-refractivity contribution in [2.75, 3.05) is 18.2 Å². The first-order valence-electron chi connectivity index (χ1n) is 6.93. The lowest BCUT2D eigenvalue weighted by Gasteiger charge is -2.27. The number of ketones is 1. The second-order valence-electron chi connectivity index (χ2n) is 5.45. The Morgan fingerprint density at radius 1 is 1.30 bits per heavy atom. The normalized spacial score (nSPS) is 18.4. The molecule has 2 saturated carbocycles. The first kappa shape index (κ1) is 13.4. The average Bonchev–Trinajstić information content (AvgIpc) is 3.17. The number of Topliss-reactive ketones (excluding diaryl/α,β-unsaturated/α-hetero) is 1. The quantitative estimate of drug-likeness (QED) is 0.644. The van der Waals surface area contributed by atoms with Crippen LogP contribution < -0.4 is 11.1 Å². The summed E-state index contributed by atoms with van der Waals surface area (Å²) in [5.41, 5.74) is 6.64. The Bertz CT molecular complexity index is 559. The van der Waals surface area contributed by atoms with Crippen LogP contribution in [0.5, 0.6) is 0 Å². The molecule has 0 aliphatic heterocycles. The molecule has 0 saturated heterocycles. The second-order valence-corrected chi connectivity index (χ2v) is 6.47. The molecule has 1 aromatic rings. The SMILES string of the molecule is COC(=O)c1c(NC2CCC2)sc(C(=O)C2CC2)c1N. The number of anilines is 2. The summed E-state index contributed by atoms with van der Waals surface area (Å²) in [4.78, 5) is 24.7. The van der Waals surface area contributed by atoms with E-state index in [1.165, 1.54) is 24.9 Å². The zero-order valence-corrected chi connectivity index (χ0v) is 12.2. The number of nitrogen functional groups attached to an aromatic ring is 1. The highest BCUT2D eigenvalue weighted by atomic mass is 32.1. The Kier molecular flexibility index (Phi) is 3.41. The summed E-state index contributed by atoms with van der Waals surface area (Å²) in [6, 6.07) is 0.375. The summed E-state index contributed by atoms with van der Waals surface area (Å²) < 4.78 is 4.80. The number of methoxy groups -OCH3 is 1. The zero-order chi connectivity index (χ0) is 14.3. The van der Waals surface area contributed by atoms with Gasteiger partial charge in [-0.3, -0.25) is 4.79 Å². The number of esters is 1. The molecule has 0 unspecified atom stereocenters. The summed E-state index contributed by atoms with van der Waals surface area (Å²) in [5, 5.41) is 4.01. The number of carbonyl (C=O) groups excluding carboxylic acids is 2. The van der Waals surface area contributed by atoms with Crippen LogP contribution in [0, 0.1) is 5.92 Å². The number of thiophene rings is 1. The van der Waals surface area contributed by atoms with Crippen molar-refractivity contribution in [1.82, 2.24) is 0 Å². The van der Waals surface area contributed by atoms with Gasteiger partial charge in [0.05, 0.1) is 17.7 Å². The Hall–Kier alpha value is -1.56. The third kappa shape index (κ3) is 2.28. The van der Waals surface area contributed by atoms with Gasteiger partial charge in [-0.1, -0.05) is 0 Å². The number of nitrogens with one attached hydrogen (secondary N) is 1. The molecule has 0 atom stereocenters. The van der Waals surface area contributed by atoms with E-state index in [0.29, 0.717) is 21.5 Å². The van der Waals surface area contributed by atoms with E-state index in [1.54, 1.807) is 0 Å². The molecule has 0 radical (unpaired) electrons. The average molecular weight is 294 g/mol. The smallest absolute Gasteiger partial charge is 0.343 e. The van der Waals surface area contributed by atoms with Crippen molar-refractivity contribution >= 4 is 33.8 Å². The highest BCUT2D eigenvalue weighted by Crippen LogP contribution is 2.43. The van der Waals surface area contributed by atoms with Crippen molar-refractivity contribution in [3.63, 3.8) is 0 Å². The van der Waals surface area contributed by atoms with E-state index >= 15 is 0 Å².